The van der Waals surface area contributed by atoms with Gasteiger partial charge in [0.15, 0.2) is 11.6 Å². The van der Waals surface area contributed by atoms with E-state index in [0.29, 0.717) is 34.4 Å². The Labute approximate surface area is 176 Å². The Hall–Kier alpha value is -2.32. The largest absolute Gasteiger partial charge is 0.288 e. The van der Waals surface area contributed by atoms with Crippen LogP contribution in [0.4, 0.5) is 11.4 Å². The average molecular weight is 443 g/mol. The summed E-state index contributed by atoms with van der Waals surface area (Å²) in [5.74, 6) is 1.44. The first-order chi connectivity index (χ1) is 14.4. The van der Waals surface area contributed by atoms with Gasteiger partial charge in [-0.05, 0) is 37.8 Å². The van der Waals surface area contributed by atoms with Crippen LogP contribution in [0.5, 0.6) is 0 Å². The van der Waals surface area contributed by atoms with E-state index in [4.69, 9.17) is 0 Å². The molecule has 2 saturated heterocycles. The number of nitrogens with zero attached hydrogens (tertiary/aromatic N) is 2. The zero-order valence-electron chi connectivity index (χ0n) is 16.5. The van der Waals surface area contributed by atoms with Gasteiger partial charge < -0.3 is 0 Å². The van der Waals surface area contributed by atoms with Crippen molar-refractivity contribution in [2.75, 3.05) is 23.0 Å². The van der Waals surface area contributed by atoms with Crippen molar-refractivity contribution in [3.8, 4) is 0 Å². The van der Waals surface area contributed by atoms with Crippen molar-refractivity contribution in [3.63, 3.8) is 0 Å². The molecule has 0 bridgehead atoms. The third kappa shape index (κ3) is 3.22. The summed E-state index contributed by atoms with van der Waals surface area (Å²) in [6.45, 7) is 0. The van der Waals surface area contributed by atoms with Crippen LogP contribution in [0.15, 0.2) is 45.1 Å². The monoisotopic (exact) mass is 442 g/mol. The van der Waals surface area contributed by atoms with Gasteiger partial charge in [0.1, 0.15) is 0 Å². The quantitative estimate of drug-likeness (QED) is 0.593. The molecule has 0 N–H and O–H groups in total. The number of carbonyl (C=O) groups excluding carboxylic acids is 2. The Morgan fingerprint density at radius 1 is 0.600 bits per heavy atom. The van der Waals surface area contributed by atoms with Crippen LogP contribution in [-0.2, 0) is 19.5 Å². The SMILES string of the molecule is O=C1c2cccc(N=S3(=O)CCCC3)c2C(=O)c2cccc(N=S3(=O)CCCC3)c21. The minimum absolute atomic E-state index is 0.215. The van der Waals surface area contributed by atoms with Crippen molar-refractivity contribution in [2.45, 2.75) is 25.7 Å². The lowest BCUT2D eigenvalue weighted by Crippen LogP contribution is -2.21. The van der Waals surface area contributed by atoms with E-state index in [-0.39, 0.29) is 33.8 Å². The van der Waals surface area contributed by atoms with E-state index in [9.17, 15) is 18.0 Å². The van der Waals surface area contributed by atoms with E-state index in [2.05, 4.69) is 8.73 Å². The lowest BCUT2D eigenvalue weighted by atomic mass is 9.82. The van der Waals surface area contributed by atoms with Crippen LogP contribution in [0.1, 0.15) is 57.5 Å². The minimum Gasteiger partial charge on any atom is -0.288 e. The molecular weight excluding hydrogens is 420 g/mol. The lowest BCUT2D eigenvalue weighted by molar-refractivity contribution is 0.0980. The first-order valence-corrected chi connectivity index (χ1v) is 13.9. The molecule has 2 heterocycles. The first kappa shape index (κ1) is 19.6. The van der Waals surface area contributed by atoms with Crippen molar-refractivity contribution in [1.29, 1.82) is 0 Å². The predicted molar refractivity (Wildman–Crippen MR) is 118 cm³/mol. The molecule has 3 aliphatic rings. The highest BCUT2D eigenvalue weighted by Crippen LogP contribution is 2.38. The van der Waals surface area contributed by atoms with Crippen molar-refractivity contribution >= 4 is 42.4 Å². The van der Waals surface area contributed by atoms with E-state index in [1.165, 1.54) is 0 Å². The van der Waals surface area contributed by atoms with E-state index < -0.39 is 19.5 Å². The smallest absolute Gasteiger partial charge is 0.196 e. The molecule has 1 aliphatic carbocycles. The number of hydrogen-bond acceptors (Lipinski definition) is 6. The molecule has 5 rings (SSSR count). The van der Waals surface area contributed by atoms with E-state index in [1.807, 2.05) is 0 Å². The summed E-state index contributed by atoms with van der Waals surface area (Å²) >= 11 is 0. The Balaban J connectivity index is 1.70. The maximum absolute atomic E-state index is 13.4. The number of fused-ring (bicyclic) bond motifs is 2. The molecule has 30 heavy (non-hydrogen) atoms. The second kappa shape index (κ2) is 7.13. The molecule has 8 heteroatoms. The van der Waals surface area contributed by atoms with Gasteiger partial charge in [-0.25, -0.2) is 8.42 Å². The molecule has 0 radical (unpaired) electrons. The summed E-state index contributed by atoms with van der Waals surface area (Å²) in [4.78, 5) is 26.8. The van der Waals surface area contributed by atoms with Gasteiger partial charge >= 0.3 is 0 Å². The van der Waals surface area contributed by atoms with E-state index in [1.54, 1.807) is 36.4 Å². The molecule has 6 nitrogen and oxygen atoms in total. The normalized spacial score (nSPS) is 21.2. The zero-order chi connectivity index (χ0) is 20.9. The molecule has 0 amide bonds. The predicted octanol–water partition coefficient (Wildman–Crippen LogP) is 4.25. The standard InChI is InChI=1S/C22H22N2O4S2/c25-21-16-8-6-10-18(24-30(28)13-3-4-14-30)20(16)22(26)15-7-5-9-17(19(15)21)23-29(27)11-1-2-12-29/h5-10H,1-4,11-14H2. The second-order valence-corrected chi connectivity index (χ2v) is 13.1. The fourth-order valence-corrected chi connectivity index (χ4v) is 8.83. The van der Waals surface area contributed by atoms with Crippen LogP contribution < -0.4 is 0 Å². The zero-order valence-corrected chi connectivity index (χ0v) is 18.1. The molecule has 0 atom stereocenters. The van der Waals surface area contributed by atoms with Gasteiger partial charge in [-0.1, -0.05) is 24.3 Å². The van der Waals surface area contributed by atoms with Crippen molar-refractivity contribution in [2.24, 2.45) is 8.73 Å². The fraction of sp³-hybridized carbons (Fsp3) is 0.364. The average Bonchev–Trinajstić information content (AvgIpc) is 3.34. The Morgan fingerprint density at radius 3 is 1.33 bits per heavy atom. The summed E-state index contributed by atoms with van der Waals surface area (Å²) < 4.78 is 34.8. The van der Waals surface area contributed by atoms with Crippen LogP contribution in [0, 0.1) is 0 Å². The third-order valence-corrected chi connectivity index (χ3v) is 10.7. The molecule has 2 aromatic carbocycles. The van der Waals surface area contributed by atoms with Crippen LogP contribution in [-0.4, -0.2) is 43.0 Å². The summed E-state index contributed by atoms with van der Waals surface area (Å²) in [5.41, 5.74) is 1.58. The molecular formula is C22H22N2O4S2. The maximum Gasteiger partial charge on any atom is 0.196 e. The van der Waals surface area contributed by atoms with E-state index in [0.717, 1.165) is 25.7 Å². The molecule has 2 aliphatic heterocycles. The van der Waals surface area contributed by atoms with Crippen LogP contribution in [0.2, 0.25) is 0 Å². The fourth-order valence-electron chi connectivity index (χ4n) is 4.41. The molecule has 2 aromatic rings. The highest BCUT2D eigenvalue weighted by atomic mass is 32.2. The molecule has 2 fully saturated rings. The maximum atomic E-state index is 13.4. The van der Waals surface area contributed by atoms with Crippen LogP contribution in [0.25, 0.3) is 0 Å². The van der Waals surface area contributed by atoms with Crippen LogP contribution in [0.3, 0.4) is 0 Å². The van der Waals surface area contributed by atoms with Crippen molar-refractivity contribution < 1.29 is 18.0 Å². The van der Waals surface area contributed by atoms with Crippen molar-refractivity contribution in [1.82, 2.24) is 0 Å². The topological polar surface area (TPSA) is 93.0 Å². The summed E-state index contributed by atoms with van der Waals surface area (Å²) in [6.07, 6.45) is 3.43. The lowest BCUT2D eigenvalue weighted by Gasteiger charge is -2.20. The van der Waals surface area contributed by atoms with Gasteiger partial charge in [-0.15, -0.1) is 0 Å². The highest BCUT2D eigenvalue weighted by Gasteiger charge is 2.34. The Bertz CT molecular complexity index is 1220. The minimum atomic E-state index is -2.39. The van der Waals surface area contributed by atoms with E-state index >= 15 is 0 Å². The van der Waals surface area contributed by atoms with Gasteiger partial charge in [-0.2, -0.15) is 8.73 Å². The highest BCUT2D eigenvalue weighted by molar-refractivity contribution is 7.94. The number of rotatable bonds is 2. The van der Waals surface area contributed by atoms with Crippen LogP contribution >= 0.6 is 0 Å². The Morgan fingerprint density at radius 2 is 0.967 bits per heavy atom. The van der Waals surface area contributed by atoms with Gasteiger partial charge in [0, 0.05) is 34.1 Å². The third-order valence-electron chi connectivity index (χ3n) is 5.91. The number of carbonyl (C=O) groups is 2. The number of ketones is 2. The van der Waals surface area contributed by atoms with Gasteiger partial charge in [0.05, 0.1) is 42.0 Å². The number of hydrogen-bond donors (Lipinski definition) is 0. The number of benzene rings is 2. The summed E-state index contributed by atoms with van der Waals surface area (Å²) in [6, 6.07) is 9.86. The molecule has 0 unspecified atom stereocenters. The first-order valence-electron chi connectivity index (χ1n) is 10.2. The van der Waals surface area contributed by atoms with Gasteiger partial charge in [-0.3, -0.25) is 9.59 Å². The molecule has 0 spiro atoms. The van der Waals surface area contributed by atoms with Crippen molar-refractivity contribution in [3.05, 3.63) is 58.7 Å². The molecule has 0 aromatic heterocycles. The van der Waals surface area contributed by atoms with Gasteiger partial charge in [0.25, 0.3) is 0 Å². The molecule has 0 saturated carbocycles. The van der Waals surface area contributed by atoms with Gasteiger partial charge in [0.2, 0.25) is 0 Å². The summed E-state index contributed by atoms with van der Waals surface area (Å²) in [5, 5.41) is 0. The second-order valence-electron chi connectivity index (χ2n) is 8.02. The molecule has 156 valence electrons. The Kier molecular flexibility index (Phi) is 4.67. The summed E-state index contributed by atoms with van der Waals surface area (Å²) in [7, 11) is -4.77.